The summed E-state index contributed by atoms with van der Waals surface area (Å²) in [6, 6.07) is 0. The van der Waals surface area contributed by atoms with Crippen LogP contribution in [-0.4, -0.2) is 50.8 Å². The lowest BCUT2D eigenvalue weighted by molar-refractivity contribution is 0.106. The molecule has 0 spiro atoms. The molecule has 0 aliphatic carbocycles. The minimum atomic E-state index is 0.397. The van der Waals surface area contributed by atoms with E-state index in [-0.39, 0.29) is 0 Å². The molecule has 1 rings (SSSR count). The van der Waals surface area contributed by atoms with Crippen molar-refractivity contribution in [3.8, 4) is 0 Å². The number of ether oxygens (including phenoxy) is 1. The van der Waals surface area contributed by atoms with Gasteiger partial charge in [0.25, 0.3) is 0 Å². The first-order chi connectivity index (χ1) is 9.08. The van der Waals surface area contributed by atoms with Crippen LogP contribution in [0.1, 0.15) is 52.9 Å². The van der Waals surface area contributed by atoms with Crippen molar-refractivity contribution in [3.05, 3.63) is 0 Å². The minimum Gasteiger partial charge on any atom is -0.381 e. The Bertz CT molecular complexity index is 207. The lowest BCUT2D eigenvalue weighted by atomic mass is 9.93. The molecule has 1 N–H and O–H groups in total. The Morgan fingerprint density at radius 2 is 1.68 bits per heavy atom. The van der Waals surface area contributed by atoms with Gasteiger partial charge in [0.15, 0.2) is 0 Å². The van der Waals surface area contributed by atoms with E-state index in [0.717, 1.165) is 39.1 Å². The van der Waals surface area contributed by atoms with E-state index in [0.29, 0.717) is 5.41 Å². The summed E-state index contributed by atoms with van der Waals surface area (Å²) in [5, 5.41) is 3.51. The van der Waals surface area contributed by atoms with E-state index < -0.39 is 0 Å². The Hall–Kier alpha value is -0.120. The molecule has 3 nitrogen and oxygen atoms in total. The Labute approximate surface area is 120 Å². The molecule has 0 aromatic carbocycles. The molecule has 3 heteroatoms. The third-order valence-corrected chi connectivity index (χ3v) is 3.67. The zero-order valence-electron chi connectivity index (χ0n) is 13.3. The van der Waals surface area contributed by atoms with Crippen LogP contribution in [0.3, 0.4) is 0 Å². The fourth-order valence-electron chi connectivity index (χ4n) is 2.34. The molecule has 0 aromatic heterocycles. The van der Waals surface area contributed by atoms with Crippen LogP contribution in [0.5, 0.6) is 0 Å². The van der Waals surface area contributed by atoms with Crippen LogP contribution >= 0.6 is 0 Å². The summed E-state index contributed by atoms with van der Waals surface area (Å²) in [6.07, 6.45) is 6.37. The molecule has 0 amide bonds. The summed E-state index contributed by atoms with van der Waals surface area (Å²) in [5.41, 5.74) is 0.397. The first-order valence-electron chi connectivity index (χ1n) is 8.09. The number of nitrogens with one attached hydrogen (secondary N) is 1. The van der Waals surface area contributed by atoms with Gasteiger partial charge in [-0.25, -0.2) is 0 Å². The normalized spacial score (nSPS) is 17.2. The molecule has 1 aliphatic heterocycles. The molecule has 0 aromatic rings. The summed E-state index contributed by atoms with van der Waals surface area (Å²) >= 11 is 0. The topological polar surface area (TPSA) is 24.5 Å². The van der Waals surface area contributed by atoms with Crippen LogP contribution in [0.4, 0.5) is 0 Å². The van der Waals surface area contributed by atoms with Gasteiger partial charge in [0.05, 0.1) is 0 Å². The largest absolute Gasteiger partial charge is 0.381 e. The van der Waals surface area contributed by atoms with E-state index in [1.54, 1.807) is 0 Å². The van der Waals surface area contributed by atoms with Crippen LogP contribution < -0.4 is 5.32 Å². The monoisotopic (exact) mass is 270 g/mol. The average molecular weight is 270 g/mol. The summed E-state index contributed by atoms with van der Waals surface area (Å²) in [4.78, 5) is 2.58. The van der Waals surface area contributed by atoms with Gasteiger partial charge in [0, 0.05) is 13.2 Å². The highest BCUT2D eigenvalue weighted by Gasteiger charge is 2.10. The maximum absolute atomic E-state index is 5.65. The predicted octanol–water partition coefficient (Wildman–Crippen LogP) is 2.90. The lowest BCUT2D eigenvalue weighted by Gasteiger charge is -2.17. The van der Waals surface area contributed by atoms with Crippen molar-refractivity contribution in [2.75, 3.05) is 45.9 Å². The summed E-state index contributed by atoms with van der Waals surface area (Å²) in [6.45, 7) is 14.7. The SMILES string of the molecule is CC(C)(C)CCOCCCNCCCN1CCCC1. The van der Waals surface area contributed by atoms with Crippen LogP contribution in [0.2, 0.25) is 0 Å². The van der Waals surface area contributed by atoms with Gasteiger partial charge >= 0.3 is 0 Å². The van der Waals surface area contributed by atoms with Gasteiger partial charge in [-0.15, -0.1) is 0 Å². The molecule has 0 radical (unpaired) electrons. The van der Waals surface area contributed by atoms with Gasteiger partial charge in [-0.1, -0.05) is 20.8 Å². The molecule has 0 bridgehead atoms. The Balaban J connectivity index is 1.74. The summed E-state index contributed by atoms with van der Waals surface area (Å²) < 4.78 is 5.65. The molecule has 0 saturated carbocycles. The Morgan fingerprint density at radius 3 is 2.37 bits per heavy atom. The second-order valence-corrected chi connectivity index (χ2v) is 6.93. The Kier molecular flexibility index (Phi) is 8.67. The van der Waals surface area contributed by atoms with Crippen LogP contribution in [0, 0.1) is 5.41 Å². The van der Waals surface area contributed by atoms with E-state index in [4.69, 9.17) is 4.74 Å². The van der Waals surface area contributed by atoms with Gasteiger partial charge in [0.1, 0.15) is 0 Å². The van der Waals surface area contributed by atoms with Crippen molar-refractivity contribution in [2.24, 2.45) is 5.41 Å². The molecule has 114 valence electrons. The molecule has 1 aliphatic rings. The van der Waals surface area contributed by atoms with Crippen molar-refractivity contribution in [3.63, 3.8) is 0 Å². The van der Waals surface area contributed by atoms with Crippen molar-refractivity contribution < 1.29 is 4.74 Å². The van der Waals surface area contributed by atoms with E-state index >= 15 is 0 Å². The molecular weight excluding hydrogens is 236 g/mol. The van der Waals surface area contributed by atoms with Gasteiger partial charge in [-0.3, -0.25) is 0 Å². The van der Waals surface area contributed by atoms with Gasteiger partial charge in [0.2, 0.25) is 0 Å². The highest BCUT2D eigenvalue weighted by molar-refractivity contribution is 4.66. The smallest absolute Gasteiger partial charge is 0.0478 e. The van der Waals surface area contributed by atoms with Crippen LogP contribution in [0.15, 0.2) is 0 Å². The zero-order chi connectivity index (χ0) is 14.0. The first kappa shape index (κ1) is 16.9. The number of hydrogen-bond acceptors (Lipinski definition) is 3. The molecule has 1 saturated heterocycles. The predicted molar refractivity (Wildman–Crippen MR) is 82.7 cm³/mol. The van der Waals surface area contributed by atoms with E-state index in [2.05, 4.69) is 31.0 Å². The first-order valence-corrected chi connectivity index (χ1v) is 8.09. The molecule has 0 atom stereocenters. The van der Waals surface area contributed by atoms with Gasteiger partial charge in [-0.05, 0) is 70.2 Å². The molecule has 19 heavy (non-hydrogen) atoms. The van der Waals surface area contributed by atoms with E-state index in [1.165, 1.54) is 38.9 Å². The Morgan fingerprint density at radius 1 is 1.00 bits per heavy atom. The molecular formula is C16H34N2O. The van der Waals surface area contributed by atoms with E-state index in [1.807, 2.05) is 0 Å². The number of likely N-dealkylation sites (tertiary alicyclic amines) is 1. The maximum Gasteiger partial charge on any atom is 0.0478 e. The number of hydrogen-bond donors (Lipinski definition) is 1. The summed E-state index contributed by atoms with van der Waals surface area (Å²) in [5.74, 6) is 0. The fourth-order valence-corrected chi connectivity index (χ4v) is 2.34. The van der Waals surface area contributed by atoms with Crippen LogP contribution in [-0.2, 0) is 4.74 Å². The zero-order valence-corrected chi connectivity index (χ0v) is 13.3. The van der Waals surface area contributed by atoms with Gasteiger partial charge in [-0.2, -0.15) is 0 Å². The minimum absolute atomic E-state index is 0.397. The fraction of sp³-hybridized carbons (Fsp3) is 1.00. The third-order valence-electron chi connectivity index (χ3n) is 3.67. The van der Waals surface area contributed by atoms with Crippen LogP contribution in [0.25, 0.3) is 0 Å². The van der Waals surface area contributed by atoms with Crippen molar-refractivity contribution in [2.45, 2.75) is 52.9 Å². The summed E-state index contributed by atoms with van der Waals surface area (Å²) in [7, 11) is 0. The quantitative estimate of drug-likeness (QED) is 0.618. The second-order valence-electron chi connectivity index (χ2n) is 6.93. The van der Waals surface area contributed by atoms with Crippen molar-refractivity contribution in [1.82, 2.24) is 10.2 Å². The van der Waals surface area contributed by atoms with E-state index in [9.17, 15) is 0 Å². The molecule has 0 unspecified atom stereocenters. The number of rotatable bonds is 10. The van der Waals surface area contributed by atoms with Gasteiger partial charge < -0.3 is 15.0 Å². The highest BCUT2D eigenvalue weighted by atomic mass is 16.5. The maximum atomic E-state index is 5.65. The standard InChI is InChI=1S/C16H34N2O/c1-16(2,3)8-15-19-14-7-10-17-9-6-13-18-11-4-5-12-18/h17H,4-15H2,1-3H3. The highest BCUT2D eigenvalue weighted by Crippen LogP contribution is 2.17. The second kappa shape index (κ2) is 9.73. The molecule has 1 heterocycles. The number of nitrogens with zero attached hydrogens (tertiary/aromatic N) is 1. The average Bonchev–Trinajstić information content (AvgIpc) is 2.83. The van der Waals surface area contributed by atoms with Crippen molar-refractivity contribution in [1.29, 1.82) is 0 Å². The van der Waals surface area contributed by atoms with Crippen molar-refractivity contribution >= 4 is 0 Å². The molecule has 1 fully saturated rings. The lowest BCUT2D eigenvalue weighted by Crippen LogP contribution is -2.25. The third kappa shape index (κ3) is 10.3.